The molecule has 17 heavy (non-hydrogen) atoms. The van der Waals surface area contributed by atoms with E-state index in [2.05, 4.69) is 9.97 Å². The molecule has 1 N–H and O–H groups in total. The molecular weight excluding hydrogens is 218 g/mol. The topological polar surface area (TPSA) is 58.5 Å². The first-order chi connectivity index (χ1) is 8.29. The second-order valence-corrected chi connectivity index (χ2v) is 4.49. The van der Waals surface area contributed by atoms with Crippen LogP contribution in [0, 0.1) is 5.92 Å². The highest BCUT2D eigenvalue weighted by molar-refractivity contribution is 5.27. The Morgan fingerprint density at radius 1 is 1.41 bits per heavy atom. The Morgan fingerprint density at radius 3 is 2.71 bits per heavy atom. The van der Waals surface area contributed by atoms with Crippen LogP contribution in [0.25, 0.3) is 0 Å². The van der Waals surface area contributed by atoms with Crippen LogP contribution in [0.2, 0.25) is 0 Å². The predicted molar refractivity (Wildman–Crippen MR) is 64.8 cm³/mol. The monoisotopic (exact) mass is 237 g/mol. The van der Waals surface area contributed by atoms with Crippen LogP contribution in [0.1, 0.15) is 18.4 Å². The molecule has 2 rings (SSSR count). The minimum absolute atomic E-state index is 0.0194. The molecule has 1 aliphatic rings. The van der Waals surface area contributed by atoms with E-state index >= 15 is 0 Å². The molecule has 0 amide bonds. The normalized spacial score (nSPS) is 14.9. The summed E-state index contributed by atoms with van der Waals surface area (Å²) in [6.07, 6.45) is 5.93. The largest absolute Gasteiger partial charge is 0.392 e. The highest BCUT2D eigenvalue weighted by atomic mass is 16.5. The Bertz CT molecular complexity index is 338. The molecule has 1 aliphatic carbocycles. The average molecular weight is 237 g/mol. The van der Waals surface area contributed by atoms with Crippen LogP contribution in [0.4, 0.5) is 5.95 Å². The van der Waals surface area contributed by atoms with Gasteiger partial charge in [0, 0.05) is 38.2 Å². The Kier molecular flexibility index (Phi) is 4.28. The summed E-state index contributed by atoms with van der Waals surface area (Å²) in [7, 11) is 1.94. The zero-order valence-electron chi connectivity index (χ0n) is 10.2. The zero-order valence-corrected chi connectivity index (χ0v) is 10.2. The van der Waals surface area contributed by atoms with Crippen molar-refractivity contribution in [2.45, 2.75) is 19.4 Å². The molecule has 5 nitrogen and oxygen atoms in total. The van der Waals surface area contributed by atoms with Crippen LogP contribution in [-0.2, 0) is 11.3 Å². The summed E-state index contributed by atoms with van der Waals surface area (Å²) in [6, 6.07) is 0. The number of ether oxygens (including phenoxy) is 1. The van der Waals surface area contributed by atoms with Crippen LogP contribution < -0.4 is 4.90 Å². The molecule has 0 bridgehead atoms. The maximum absolute atomic E-state index is 8.88. The molecule has 94 valence electrons. The third-order valence-corrected chi connectivity index (χ3v) is 2.84. The molecule has 0 unspecified atom stereocenters. The highest BCUT2D eigenvalue weighted by Crippen LogP contribution is 2.28. The van der Waals surface area contributed by atoms with Crippen LogP contribution in [-0.4, -0.2) is 41.9 Å². The Labute approximate surface area is 101 Å². The summed E-state index contributed by atoms with van der Waals surface area (Å²) in [5.74, 6) is 1.47. The fourth-order valence-corrected chi connectivity index (χ4v) is 1.46. The van der Waals surface area contributed by atoms with E-state index < -0.39 is 0 Å². The second-order valence-electron chi connectivity index (χ2n) is 4.49. The third-order valence-electron chi connectivity index (χ3n) is 2.84. The summed E-state index contributed by atoms with van der Waals surface area (Å²) in [5.41, 5.74) is 0.729. The fourth-order valence-electron chi connectivity index (χ4n) is 1.46. The van der Waals surface area contributed by atoms with E-state index in [0.29, 0.717) is 12.6 Å². The van der Waals surface area contributed by atoms with E-state index in [9.17, 15) is 0 Å². The van der Waals surface area contributed by atoms with Gasteiger partial charge >= 0.3 is 0 Å². The van der Waals surface area contributed by atoms with Gasteiger partial charge < -0.3 is 14.7 Å². The van der Waals surface area contributed by atoms with Crippen molar-refractivity contribution in [3.05, 3.63) is 18.0 Å². The molecule has 1 aromatic heterocycles. The number of hydrogen-bond donors (Lipinski definition) is 1. The Morgan fingerprint density at radius 2 is 2.12 bits per heavy atom. The van der Waals surface area contributed by atoms with Crippen molar-refractivity contribution in [2.24, 2.45) is 5.92 Å². The molecule has 0 spiro atoms. The van der Waals surface area contributed by atoms with Crippen molar-refractivity contribution in [1.29, 1.82) is 0 Å². The first kappa shape index (κ1) is 12.3. The molecule has 0 radical (unpaired) electrons. The lowest BCUT2D eigenvalue weighted by atomic mass is 10.4. The smallest absolute Gasteiger partial charge is 0.225 e. The average Bonchev–Trinajstić information content (AvgIpc) is 3.18. The van der Waals surface area contributed by atoms with E-state index in [-0.39, 0.29) is 6.61 Å². The van der Waals surface area contributed by atoms with E-state index in [1.807, 2.05) is 11.9 Å². The quantitative estimate of drug-likeness (QED) is 0.712. The second kappa shape index (κ2) is 5.93. The van der Waals surface area contributed by atoms with Crippen LogP contribution in [0.5, 0.6) is 0 Å². The molecule has 0 atom stereocenters. The molecule has 1 saturated carbocycles. The minimum atomic E-state index is -0.0194. The van der Waals surface area contributed by atoms with Gasteiger partial charge in [-0.1, -0.05) is 0 Å². The molecule has 0 saturated heterocycles. The molecule has 0 aliphatic heterocycles. The minimum Gasteiger partial charge on any atom is -0.392 e. The molecule has 1 heterocycles. The molecule has 5 heteroatoms. The number of aromatic nitrogens is 2. The number of anilines is 1. The maximum atomic E-state index is 8.88. The van der Waals surface area contributed by atoms with Crippen LogP contribution in [0.15, 0.2) is 12.4 Å². The number of aliphatic hydroxyl groups excluding tert-OH is 1. The van der Waals surface area contributed by atoms with E-state index in [4.69, 9.17) is 9.84 Å². The highest BCUT2D eigenvalue weighted by Gasteiger charge is 2.20. The Hall–Kier alpha value is -1.20. The number of hydrogen-bond acceptors (Lipinski definition) is 5. The van der Waals surface area contributed by atoms with Gasteiger partial charge in [-0.3, -0.25) is 0 Å². The van der Waals surface area contributed by atoms with Gasteiger partial charge in [-0.05, 0) is 18.8 Å². The lowest BCUT2D eigenvalue weighted by molar-refractivity contribution is 0.130. The fraction of sp³-hybridized carbons (Fsp3) is 0.667. The van der Waals surface area contributed by atoms with Crippen molar-refractivity contribution in [3.8, 4) is 0 Å². The van der Waals surface area contributed by atoms with Crippen molar-refractivity contribution in [3.63, 3.8) is 0 Å². The molecule has 0 aromatic carbocycles. The maximum Gasteiger partial charge on any atom is 0.225 e. The number of likely N-dealkylation sites (N-methyl/N-ethyl adjacent to an activating group) is 1. The lowest BCUT2D eigenvalue weighted by Crippen LogP contribution is -2.24. The SMILES string of the molecule is CN(CCOCC1CC1)c1ncc(CO)cn1. The van der Waals surface area contributed by atoms with Gasteiger partial charge in [0.25, 0.3) is 0 Å². The van der Waals surface area contributed by atoms with Gasteiger partial charge in [-0.2, -0.15) is 0 Å². The number of aliphatic hydroxyl groups is 1. The summed E-state index contributed by atoms with van der Waals surface area (Å²) in [6.45, 7) is 2.36. The van der Waals surface area contributed by atoms with Crippen molar-refractivity contribution in [2.75, 3.05) is 31.7 Å². The molecule has 1 aromatic rings. The standard InChI is InChI=1S/C12H19N3O2/c1-15(4-5-17-9-10-2-3-10)12-13-6-11(8-16)7-14-12/h6-7,10,16H,2-5,8-9H2,1H3. The molecular formula is C12H19N3O2. The lowest BCUT2D eigenvalue weighted by Gasteiger charge is -2.16. The van der Waals surface area contributed by atoms with Crippen molar-refractivity contribution in [1.82, 2.24) is 9.97 Å². The zero-order chi connectivity index (χ0) is 12.1. The number of rotatable bonds is 7. The van der Waals surface area contributed by atoms with E-state index in [1.165, 1.54) is 12.8 Å². The van der Waals surface area contributed by atoms with Gasteiger partial charge in [0.15, 0.2) is 0 Å². The first-order valence-electron chi connectivity index (χ1n) is 6.00. The van der Waals surface area contributed by atoms with Crippen LogP contribution in [0.3, 0.4) is 0 Å². The van der Waals surface area contributed by atoms with E-state index in [1.54, 1.807) is 12.4 Å². The summed E-state index contributed by atoms with van der Waals surface area (Å²) < 4.78 is 5.56. The number of nitrogens with zero attached hydrogens (tertiary/aromatic N) is 3. The van der Waals surface area contributed by atoms with Gasteiger partial charge in [-0.15, -0.1) is 0 Å². The van der Waals surface area contributed by atoms with Gasteiger partial charge in [-0.25, -0.2) is 9.97 Å². The van der Waals surface area contributed by atoms with Crippen molar-refractivity contribution >= 4 is 5.95 Å². The van der Waals surface area contributed by atoms with Gasteiger partial charge in [0.1, 0.15) is 0 Å². The third kappa shape index (κ3) is 3.94. The predicted octanol–water partition coefficient (Wildman–Crippen LogP) is 0.832. The summed E-state index contributed by atoms with van der Waals surface area (Å²) >= 11 is 0. The first-order valence-corrected chi connectivity index (χ1v) is 6.00. The molecule has 1 fully saturated rings. The van der Waals surface area contributed by atoms with Crippen LogP contribution >= 0.6 is 0 Å². The summed E-state index contributed by atoms with van der Waals surface area (Å²) in [5, 5.41) is 8.88. The van der Waals surface area contributed by atoms with Gasteiger partial charge in [0.05, 0.1) is 13.2 Å². The summed E-state index contributed by atoms with van der Waals surface area (Å²) in [4.78, 5) is 10.3. The Balaban J connectivity index is 1.71. The van der Waals surface area contributed by atoms with Gasteiger partial charge in [0.2, 0.25) is 5.95 Å². The van der Waals surface area contributed by atoms with E-state index in [0.717, 1.165) is 24.6 Å². The van der Waals surface area contributed by atoms with Crippen molar-refractivity contribution < 1.29 is 9.84 Å².